The quantitative estimate of drug-likeness (QED) is 0.401. The number of aromatic carboxylic acids is 1. The first kappa shape index (κ1) is 15.7. The van der Waals surface area contributed by atoms with E-state index in [0.29, 0.717) is 13.1 Å². The molecule has 1 rings (SSSR count). The molecule has 1 aromatic rings. The molecule has 0 saturated carbocycles. The van der Waals surface area contributed by atoms with Crippen LogP contribution in [0.3, 0.4) is 0 Å². The normalized spacial score (nSPS) is 9.24. The molecule has 7 heteroatoms. The third-order valence-corrected chi connectivity index (χ3v) is 1.78. The van der Waals surface area contributed by atoms with Gasteiger partial charge >= 0.3 is 11.9 Å². The number of nitrogens with one attached hydrogen (secondary N) is 1. The fraction of sp³-hybridized carbons (Fsp3) is 0.200. The maximum atomic E-state index is 11.3. The van der Waals surface area contributed by atoms with Crippen LogP contribution in [0.5, 0.6) is 0 Å². The van der Waals surface area contributed by atoms with Crippen LogP contribution in [-0.4, -0.2) is 30.1 Å². The van der Waals surface area contributed by atoms with Gasteiger partial charge in [0.2, 0.25) is 0 Å². The summed E-state index contributed by atoms with van der Waals surface area (Å²) < 4.78 is 0. The number of hydrogen-bond donors (Lipinski definition) is 3. The van der Waals surface area contributed by atoms with Gasteiger partial charge in [-0.05, 0) is 24.3 Å². The van der Waals surface area contributed by atoms with E-state index in [-0.39, 0.29) is 30.6 Å². The number of carboxylic acids is 1. The maximum Gasteiger partial charge on any atom is 0.356 e. The standard InChI is InChI=1S/C10H12N2O4.Zn/c11-5-6-12-16-10(15)8-3-1-7(2-4-8)9(13)14;/h1-4,12H,5-6,11H2,(H,13,14);. The summed E-state index contributed by atoms with van der Waals surface area (Å²) in [6.45, 7) is 0.712. The van der Waals surface area contributed by atoms with Crippen LogP contribution in [0.1, 0.15) is 20.7 Å². The Morgan fingerprint density at radius 3 is 2.24 bits per heavy atom. The molecule has 0 unspecified atom stereocenters. The summed E-state index contributed by atoms with van der Waals surface area (Å²) in [5.74, 6) is -1.62. The first-order valence-corrected chi connectivity index (χ1v) is 4.62. The number of carbonyl (C=O) groups is 2. The Labute approximate surface area is 111 Å². The summed E-state index contributed by atoms with van der Waals surface area (Å²) >= 11 is 0. The molecule has 0 radical (unpaired) electrons. The molecule has 0 aromatic heterocycles. The Bertz CT molecular complexity index is 380. The van der Waals surface area contributed by atoms with Crippen molar-refractivity contribution in [1.82, 2.24) is 5.48 Å². The van der Waals surface area contributed by atoms with Crippen LogP contribution in [0, 0.1) is 0 Å². The summed E-state index contributed by atoms with van der Waals surface area (Å²) in [5.41, 5.74) is 7.96. The zero-order valence-electron chi connectivity index (χ0n) is 9.18. The van der Waals surface area contributed by atoms with Crippen molar-refractivity contribution in [3.05, 3.63) is 35.4 Å². The van der Waals surface area contributed by atoms with Crippen molar-refractivity contribution in [1.29, 1.82) is 0 Å². The summed E-state index contributed by atoms with van der Waals surface area (Å²) in [5, 5.41) is 8.65. The summed E-state index contributed by atoms with van der Waals surface area (Å²) in [7, 11) is 0. The molecule has 0 aliphatic carbocycles. The van der Waals surface area contributed by atoms with Gasteiger partial charge in [0.25, 0.3) is 0 Å². The summed E-state index contributed by atoms with van der Waals surface area (Å²) in [6, 6.07) is 5.44. The second kappa shape index (κ2) is 7.89. The Morgan fingerprint density at radius 1 is 1.24 bits per heavy atom. The fourth-order valence-corrected chi connectivity index (χ4v) is 0.983. The zero-order chi connectivity index (χ0) is 12.0. The Hall–Kier alpha value is -1.30. The van der Waals surface area contributed by atoms with Crippen LogP contribution in [0.25, 0.3) is 0 Å². The summed E-state index contributed by atoms with van der Waals surface area (Å²) in [4.78, 5) is 26.5. The number of hydroxylamine groups is 1. The predicted molar refractivity (Wildman–Crippen MR) is 55.9 cm³/mol. The Balaban J connectivity index is 0.00000256. The van der Waals surface area contributed by atoms with Gasteiger partial charge in [-0.3, -0.25) is 0 Å². The van der Waals surface area contributed by atoms with Crippen LogP contribution in [0.15, 0.2) is 24.3 Å². The van der Waals surface area contributed by atoms with Crippen molar-refractivity contribution in [3.8, 4) is 0 Å². The zero-order valence-corrected chi connectivity index (χ0v) is 12.1. The van der Waals surface area contributed by atoms with E-state index in [4.69, 9.17) is 10.8 Å². The third kappa shape index (κ3) is 5.04. The molecule has 0 fully saturated rings. The third-order valence-electron chi connectivity index (χ3n) is 1.78. The van der Waals surface area contributed by atoms with Crippen LogP contribution < -0.4 is 11.2 Å². The van der Waals surface area contributed by atoms with Gasteiger partial charge < -0.3 is 15.7 Å². The molecule has 0 aliphatic heterocycles. The van der Waals surface area contributed by atoms with Gasteiger partial charge in [-0.15, -0.1) is 0 Å². The van der Waals surface area contributed by atoms with Gasteiger partial charge in [0.1, 0.15) is 0 Å². The maximum absolute atomic E-state index is 11.3. The van der Waals surface area contributed by atoms with E-state index in [2.05, 4.69) is 10.3 Å². The van der Waals surface area contributed by atoms with Gasteiger partial charge in [0.15, 0.2) is 0 Å². The van der Waals surface area contributed by atoms with E-state index >= 15 is 0 Å². The molecule has 88 valence electrons. The van der Waals surface area contributed by atoms with E-state index in [9.17, 15) is 9.59 Å². The van der Waals surface area contributed by atoms with E-state index in [0.717, 1.165) is 0 Å². The second-order valence-corrected chi connectivity index (χ2v) is 2.96. The number of carboxylic acid groups (broad SMARTS) is 1. The van der Waals surface area contributed by atoms with E-state index in [1.54, 1.807) is 0 Å². The molecule has 0 atom stereocenters. The smallest absolute Gasteiger partial charge is 0.356 e. The predicted octanol–water partition coefficient (Wildman–Crippen LogP) is 0.00240. The molecular weight excluding hydrogens is 278 g/mol. The molecule has 0 bridgehead atoms. The van der Waals surface area contributed by atoms with Crippen molar-refractivity contribution in [2.45, 2.75) is 0 Å². The largest absolute Gasteiger partial charge is 0.478 e. The van der Waals surface area contributed by atoms with E-state index in [1.165, 1.54) is 24.3 Å². The molecule has 0 aliphatic rings. The molecule has 4 N–H and O–H groups in total. The number of hydrogen-bond acceptors (Lipinski definition) is 5. The monoisotopic (exact) mass is 288 g/mol. The average Bonchev–Trinajstić information content (AvgIpc) is 2.29. The minimum absolute atomic E-state index is 0. The number of carbonyl (C=O) groups excluding carboxylic acids is 1. The molecular formula is C10H12N2O4Zn. The van der Waals surface area contributed by atoms with Crippen LogP contribution in [0.4, 0.5) is 0 Å². The second-order valence-electron chi connectivity index (χ2n) is 2.96. The van der Waals surface area contributed by atoms with E-state index in [1.807, 2.05) is 0 Å². The van der Waals surface area contributed by atoms with Gasteiger partial charge in [-0.25, -0.2) is 9.59 Å². The fourth-order valence-electron chi connectivity index (χ4n) is 0.983. The molecule has 0 heterocycles. The van der Waals surface area contributed by atoms with Crippen molar-refractivity contribution >= 4 is 11.9 Å². The summed E-state index contributed by atoms with van der Waals surface area (Å²) in [6.07, 6.45) is 0. The Kier molecular flexibility index (Phi) is 7.29. The molecule has 0 spiro atoms. The molecule has 1 aromatic carbocycles. The van der Waals surface area contributed by atoms with Gasteiger partial charge in [0, 0.05) is 32.6 Å². The van der Waals surface area contributed by atoms with Crippen LogP contribution in [0.2, 0.25) is 0 Å². The molecule has 17 heavy (non-hydrogen) atoms. The van der Waals surface area contributed by atoms with Crippen molar-refractivity contribution in [3.63, 3.8) is 0 Å². The first-order valence-electron chi connectivity index (χ1n) is 4.62. The molecule has 0 saturated heterocycles. The van der Waals surface area contributed by atoms with Crippen molar-refractivity contribution < 1.29 is 39.0 Å². The van der Waals surface area contributed by atoms with Gasteiger partial charge in [-0.2, -0.15) is 5.48 Å². The number of benzene rings is 1. The molecule has 0 amide bonds. The van der Waals surface area contributed by atoms with Gasteiger partial charge in [0.05, 0.1) is 11.1 Å². The minimum atomic E-state index is -1.04. The molecule has 6 nitrogen and oxygen atoms in total. The van der Waals surface area contributed by atoms with Crippen LogP contribution in [-0.2, 0) is 24.3 Å². The SMILES string of the molecule is NCCNOC(=O)c1ccc(C(=O)O)cc1.[Zn]. The topological polar surface area (TPSA) is 102 Å². The van der Waals surface area contributed by atoms with Crippen LogP contribution >= 0.6 is 0 Å². The number of nitrogens with two attached hydrogens (primary N) is 1. The Morgan fingerprint density at radius 2 is 1.76 bits per heavy atom. The van der Waals surface area contributed by atoms with Gasteiger partial charge in [-0.1, -0.05) is 0 Å². The van der Waals surface area contributed by atoms with Crippen molar-refractivity contribution in [2.75, 3.05) is 13.1 Å². The van der Waals surface area contributed by atoms with E-state index < -0.39 is 11.9 Å². The first-order chi connectivity index (χ1) is 7.65. The average molecular weight is 290 g/mol. The minimum Gasteiger partial charge on any atom is -0.478 e. The van der Waals surface area contributed by atoms with Crippen molar-refractivity contribution in [2.24, 2.45) is 5.73 Å². The number of rotatable bonds is 5.